The predicted molar refractivity (Wildman–Crippen MR) is 64.3 cm³/mol. The van der Waals surface area contributed by atoms with Crippen molar-refractivity contribution in [3.63, 3.8) is 0 Å². The van der Waals surface area contributed by atoms with Crippen molar-refractivity contribution >= 4 is 16.9 Å². The lowest BCUT2D eigenvalue weighted by Crippen LogP contribution is -2.07. The van der Waals surface area contributed by atoms with Gasteiger partial charge in [0.2, 0.25) is 0 Å². The zero-order valence-electron chi connectivity index (χ0n) is 9.51. The van der Waals surface area contributed by atoms with Crippen LogP contribution in [0, 0.1) is 0 Å². The molecule has 1 aromatic heterocycles. The van der Waals surface area contributed by atoms with Crippen LogP contribution < -0.4 is 0 Å². The molecule has 4 heteroatoms. The van der Waals surface area contributed by atoms with Crippen LogP contribution in [0.1, 0.15) is 15.9 Å². The van der Waals surface area contributed by atoms with E-state index in [0.29, 0.717) is 13.0 Å². The van der Waals surface area contributed by atoms with E-state index in [1.165, 1.54) is 6.20 Å². The van der Waals surface area contributed by atoms with Gasteiger partial charge in [0, 0.05) is 18.7 Å². The van der Waals surface area contributed by atoms with Crippen LogP contribution in [-0.4, -0.2) is 29.8 Å². The second-order valence-corrected chi connectivity index (χ2v) is 3.72. The van der Waals surface area contributed by atoms with Gasteiger partial charge in [-0.05, 0) is 18.1 Å². The summed E-state index contributed by atoms with van der Waals surface area (Å²) in [4.78, 5) is 15.3. The van der Waals surface area contributed by atoms with E-state index in [9.17, 15) is 4.79 Å². The fourth-order valence-electron chi connectivity index (χ4n) is 1.86. The Morgan fingerprint density at radius 1 is 1.41 bits per heavy atom. The Kier molecular flexibility index (Phi) is 3.35. The number of carboxylic acids is 1. The van der Waals surface area contributed by atoms with Crippen LogP contribution in [0.25, 0.3) is 10.9 Å². The number of rotatable bonds is 4. The lowest BCUT2D eigenvalue weighted by Gasteiger charge is -2.09. The number of aromatic nitrogens is 1. The summed E-state index contributed by atoms with van der Waals surface area (Å²) >= 11 is 0. The van der Waals surface area contributed by atoms with Gasteiger partial charge in [-0.2, -0.15) is 0 Å². The molecule has 17 heavy (non-hydrogen) atoms. The van der Waals surface area contributed by atoms with Gasteiger partial charge in [-0.1, -0.05) is 18.2 Å². The number of hydrogen-bond donors (Lipinski definition) is 1. The van der Waals surface area contributed by atoms with Crippen LogP contribution in [0.5, 0.6) is 0 Å². The predicted octanol–water partition coefficient (Wildman–Crippen LogP) is 2.12. The average molecular weight is 231 g/mol. The van der Waals surface area contributed by atoms with Crippen LogP contribution in [0.15, 0.2) is 30.5 Å². The molecule has 0 fully saturated rings. The standard InChI is InChI=1S/C13H13NO3/c1-17-7-6-9-10-4-2-3-5-12(10)14-8-11(9)13(15)16/h2-5,8H,6-7H2,1H3,(H,15,16). The molecule has 0 aliphatic heterocycles. The van der Waals surface area contributed by atoms with E-state index in [-0.39, 0.29) is 5.56 Å². The van der Waals surface area contributed by atoms with E-state index in [0.717, 1.165) is 16.5 Å². The molecule has 0 aliphatic carbocycles. The molecule has 0 atom stereocenters. The highest BCUT2D eigenvalue weighted by atomic mass is 16.5. The molecule has 0 spiro atoms. The number of hydrogen-bond acceptors (Lipinski definition) is 3. The van der Waals surface area contributed by atoms with Crippen LogP contribution in [0.3, 0.4) is 0 Å². The van der Waals surface area contributed by atoms with E-state index in [4.69, 9.17) is 9.84 Å². The summed E-state index contributed by atoms with van der Waals surface area (Å²) in [6.45, 7) is 0.494. The van der Waals surface area contributed by atoms with Crippen molar-refractivity contribution in [2.45, 2.75) is 6.42 Å². The number of ether oxygens (including phenoxy) is 1. The van der Waals surface area contributed by atoms with Crippen molar-refractivity contribution in [2.75, 3.05) is 13.7 Å². The third kappa shape index (κ3) is 2.26. The number of aromatic carboxylic acids is 1. The first-order valence-electron chi connectivity index (χ1n) is 5.33. The highest BCUT2D eigenvalue weighted by molar-refractivity contribution is 5.95. The van der Waals surface area contributed by atoms with Crippen molar-refractivity contribution in [2.24, 2.45) is 0 Å². The zero-order valence-corrected chi connectivity index (χ0v) is 9.51. The molecule has 0 aliphatic rings. The third-order valence-electron chi connectivity index (χ3n) is 2.67. The maximum atomic E-state index is 11.1. The number of benzene rings is 1. The maximum Gasteiger partial charge on any atom is 0.337 e. The molecule has 88 valence electrons. The average Bonchev–Trinajstić information content (AvgIpc) is 2.35. The molecule has 1 heterocycles. The van der Waals surface area contributed by atoms with E-state index in [1.54, 1.807) is 7.11 Å². The van der Waals surface area contributed by atoms with Gasteiger partial charge in [0.25, 0.3) is 0 Å². The molecule has 2 rings (SSSR count). The summed E-state index contributed by atoms with van der Waals surface area (Å²) in [5, 5.41) is 10.0. The van der Waals surface area contributed by atoms with E-state index in [2.05, 4.69) is 4.98 Å². The Bertz CT molecular complexity index is 551. The van der Waals surface area contributed by atoms with Gasteiger partial charge < -0.3 is 9.84 Å². The molecule has 4 nitrogen and oxygen atoms in total. The Hall–Kier alpha value is -1.94. The number of para-hydroxylation sites is 1. The van der Waals surface area contributed by atoms with Gasteiger partial charge in [0.15, 0.2) is 0 Å². The van der Waals surface area contributed by atoms with Gasteiger partial charge in [0.1, 0.15) is 0 Å². The number of carboxylic acid groups (broad SMARTS) is 1. The van der Waals surface area contributed by atoms with E-state index < -0.39 is 5.97 Å². The van der Waals surface area contributed by atoms with Crippen LogP contribution >= 0.6 is 0 Å². The first-order valence-corrected chi connectivity index (χ1v) is 5.33. The van der Waals surface area contributed by atoms with Crippen molar-refractivity contribution in [1.82, 2.24) is 4.98 Å². The molecular formula is C13H13NO3. The number of pyridine rings is 1. The second kappa shape index (κ2) is 4.93. The van der Waals surface area contributed by atoms with Crippen molar-refractivity contribution in [3.8, 4) is 0 Å². The van der Waals surface area contributed by atoms with Gasteiger partial charge in [-0.15, -0.1) is 0 Å². The monoisotopic (exact) mass is 231 g/mol. The minimum atomic E-state index is -0.950. The fourth-order valence-corrected chi connectivity index (χ4v) is 1.86. The number of methoxy groups -OCH3 is 1. The van der Waals surface area contributed by atoms with Gasteiger partial charge in [-0.25, -0.2) is 4.79 Å². The molecule has 1 N–H and O–H groups in total. The molecule has 2 aromatic rings. The van der Waals surface area contributed by atoms with Crippen molar-refractivity contribution in [1.29, 1.82) is 0 Å². The largest absolute Gasteiger partial charge is 0.478 e. The Labute approximate surface area is 98.9 Å². The summed E-state index contributed by atoms with van der Waals surface area (Å²) in [5.41, 5.74) is 1.84. The first kappa shape index (κ1) is 11.5. The lowest BCUT2D eigenvalue weighted by molar-refractivity contribution is 0.0695. The fraction of sp³-hybridized carbons (Fsp3) is 0.231. The molecule has 0 radical (unpaired) electrons. The maximum absolute atomic E-state index is 11.1. The highest BCUT2D eigenvalue weighted by Gasteiger charge is 2.13. The summed E-state index contributed by atoms with van der Waals surface area (Å²) in [6, 6.07) is 7.53. The normalized spacial score (nSPS) is 10.6. The number of nitrogens with zero attached hydrogens (tertiary/aromatic N) is 1. The second-order valence-electron chi connectivity index (χ2n) is 3.72. The summed E-state index contributed by atoms with van der Waals surface area (Å²) < 4.78 is 5.02. The van der Waals surface area contributed by atoms with E-state index >= 15 is 0 Å². The van der Waals surface area contributed by atoms with E-state index in [1.807, 2.05) is 24.3 Å². The molecule has 0 amide bonds. The Morgan fingerprint density at radius 2 is 2.18 bits per heavy atom. The summed E-state index contributed by atoms with van der Waals surface area (Å²) in [6.07, 6.45) is 1.98. The topological polar surface area (TPSA) is 59.4 Å². The quantitative estimate of drug-likeness (QED) is 0.875. The SMILES string of the molecule is COCCc1c(C(=O)O)cnc2ccccc12. The molecular weight excluding hydrogens is 218 g/mol. The summed E-state index contributed by atoms with van der Waals surface area (Å²) in [5.74, 6) is -0.950. The smallest absolute Gasteiger partial charge is 0.337 e. The first-order chi connectivity index (χ1) is 8.24. The Morgan fingerprint density at radius 3 is 2.88 bits per heavy atom. The van der Waals surface area contributed by atoms with Crippen molar-refractivity contribution < 1.29 is 14.6 Å². The van der Waals surface area contributed by atoms with Gasteiger partial charge in [0.05, 0.1) is 17.7 Å². The highest BCUT2D eigenvalue weighted by Crippen LogP contribution is 2.21. The molecule has 0 saturated heterocycles. The Balaban J connectivity index is 2.61. The summed E-state index contributed by atoms with van der Waals surface area (Å²) in [7, 11) is 1.60. The third-order valence-corrected chi connectivity index (χ3v) is 2.67. The molecule has 0 unspecified atom stereocenters. The van der Waals surface area contributed by atoms with Crippen molar-refractivity contribution in [3.05, 3.63) is 41.6 Å². The lowest BCUT2D eigenvalue weighted by atomic mass is 10.0. The molecule has 0 saturated carbocycles. The zero-order chi connectivity index (χ0) is 12.3. The minimum absolute atomic E-state index is 0.251. The molecule has 0 bridgehead atoms. The van der Waals surface area contributed by atoms with Crippen LogP contribution in [-0.2, 0) is 11.2 Å². The van der Waals surface area contributed by atoms with Gasteiger partial charge in [-0.3, -0.25) is 4.98 Å². The van der Waals surface area contributed by atoms with Gasteiger partial charge >= 0.3 is 5.97 Å². The number of carbonyl (C=O) groups is 1. The van der Waals surface area contributed by atoms with Crippen LogP contribution in [0.2, 0.25) is 0 Å². The number of fused-ring (bicyclic) bond motifs is 1. The minimum Gasteiger partial charge on any atom is -0.478 e. The van der Waals surface area contributed by atoms with Crippen LogP contribution in [0.4, 0.5) is 0 Å². The molecule has 1 aromatic carbocycles.